The van der Waals surface area contributed by atoms with Gasteiger partial charge in [-0.05, 0) is 29.8 Å². The molecule has 3 aromatic rings. The minimum atomic E-state index is -0.987. The maximum absolute atomic E-state index is 12.9. The lowest BCUT2D eigenvalue weighted by molar-refractivity contribution is -0.137. The first-order valence-electron chi connectivity index (χ1n) is 7.64. The molecule has 2 aromatic carbocycles. The normalized spacial score (nSPS) is 10.8. The third-order valence-corrected chi connectivity index (χ3v) is 3.89. The Hall–Kier alpha value is -3.28. The van der Waals surface area contributed by atoms with Gasteiger partial charge in [-0.3, -0.25) is 9.59 Å². The van der Waals surface area contributed by atoms with Crippen molar-refractivity contribution in [3.63, 3.8) is 0 Å². The number of carboxylic acids is 1. The number of aliphatic carboxylic acids is 1. The van der Waals surface area contributed by atoms with Crippen LogP contribution in [0.1, 0.15) is 12.2 Å². The average Bonchev–Trinajstić information content (AvgIpc) is 2.60. The fourth-order valence-electron chi connectivity index (χ4n) is 2.67. The van der Waals surface area contributed by atoms with Crippen LogP contribution < -0.4 is 10.2 Å². The molecule has 128 valence electrons. The molecule has 6 heteroatoms. The Morgan fingerprint density at radius 3 is 2.52 bits per heavy atom. The van der Waals surface area contributed by atoms with E-state index < -0.39 is 5.97 Å². The molecule has 0 atom stereocenters. The van der Waals surface area contributed by atoms with Gasteiger partial charge in [0, 0.05) is 12.5 Å². The second kappa shape index (κ2) is 6.68. The second-order valence-electron chi connectivity index (χ2n) is 5.53. The molecule has 0 aliphatic carbocycles. The van der Waals surface area contributed by atoms with Crippen molar-refractivity contribution in [1.82, 2.24) is 0 Å². The number of carbonyl (C=O) groups is 1. The van der Waals surface area contributed by atoms with Crippen LogP contribution >= 0.6 is 0 Å². The molecular weight excluding hydrogens is 324 g/mol. The summed E-state index contributed by atoms with van der Waals surface area (Å²) >= 11 is 0. The highest BCUT2D eigenvalue weighted by Crippen LogP contribution is 2.28. The monoisotopic (exact) mass is 340 g/mol. The molecule has 0 fully saturated rings. The SMILES string of the molecule is COc1ccc(-c2c(CCC(=O)O)oc3cc(O)ccc3c2=O)cc1. The van der Waals surface area contributed by atoms with Crippen molar-refractivity contribution in [1.29, 1.82) is 0 Å². The number of hydrogen-bond donors (Lipinski definition) is 2. The summed E-state index contributed by atoms with van der Waals surface area (Å²) in [7, 11) is 1.55. The summed E-state index contributed by atoms with van der Waals surface area (Å²) in [4.78, 5) is 23.9. The summed E-state index contributed by atoms with van der Waals surface area (Å²) in [5.74, 6) is -0.0991. The molecule has 0 aliphatic heterocycles. The van der Waals surface area contributed by atoms with Crippen LogP contribution in [0.4, 0.5) is 0 Å². The van der Waals surface area contributed by atoms with Crippen molar-refractivity contribution < 1.29 is 24.2 Å². The van der Waals surface area contributed by atoms with Crippen LogP contribution in [0.15, 0.2) is 51.7 Å². The largest absolute Gasteiger partial charge is 0.508 e. The van der Waals surface area contributed by atoms with E-state index in [4.69, 9.17) is 14.3 Å². The molecule has 6 nitrogen and oxygen atoms in total. The maximum atomic E-state index is 12.9. The number of fused-ring (bicyclic) bond motifs is 1. The van der Waals surface area contributed by atoms with Gasteiger partial charge in [-0.15, -0.1) is 0 Å². The number of hydrogen-bond acceptors (Lipinski definition) is 5. The predicted octanol–water partition coefficient (Wildman–Crippen LogP) is 3.19. The van der Waals surface area contributed by atoms with Crippen LogP contribution in [-0.2, 0) is 11.2 Å². The molecular formula is C19H16O6. The number of phenolic OH excluding ortho intramolecular Hbond substituents is 1. The Labute approximate surface area is 142 Å². The Balaban J connectivity index is 2.23. The topological polar surface area (TPSA) is 97.0 Å². The minimum absolute atomic E-state index is 0.0305. The number of aromatic hydroxyl groups is 1. The molecule has 0 saturated heterocycles. The zero-order valence-corrected chi connectivity index (χ0v) is 13.5. The number of aryl methyl sites for hydroxylation is 1. The van der Waals surface area contributed by atoms with Gasteiger partial charge in [0.2, 0.25) is 5.43 Å². The van der Waals surface area contributed by atoms with Crippen molar-refractivity contribution >= 4 is 16.9 Å². The molecule has 0 radical (unpaired) electrons. The fraction of sp³-hybridized carbons (Fsp3) is 0.158. The highest BCUT2D eigenvalue weighted by atomic mass is 16.5. The zero-order valence-electron chi connectivity index (χ0n) is 13.5. The highest BCUT2D eigenvalue weighted by molar-refractivity contribution is 5.84. The van der Waals surface area contributed by atoms with Gasteiger partial charge in [0.25, 0.3) is 0 Å². The molecule has 0 unspecified atom stereocenters. The van der Waals surface area contributed by atoms with Gasteiger partial charge < -0.3 is 19.4 Å². The number of carboxylic acid groups (broad SMARTS) is 1. The van der Waals surface area contributed by atoms with Crippen molar-refractivity contribution in [2.45, 2.75) is 12.8 Å². The van der Waals surface area contributed by atoms with E-state index >= 15 is 0 Å². The first-order valence-corrected chi connectivity index (χ1v) is 7.64. The zero-order chi connectivity index (χ0) is 18.0. The van der Waals surface area contributed by atoms with Crippen LogP contribution in [0.2, 0.25) is 0 Å². The third-order valence-electron chi connectivity index (χ3n) is 3.89. The van der Waals surface area contributed by atoms with Gasteiger partial charge >= 0.3 is 5.97 Å². The average molecular weight is 340 g/mol. The van der Waals surface area contributed by atoms with Crippen LogP contribution in [0, 0.1) is 0 Å². The van der Waals surface area contributed by atoms with Crippen molar-refractivity contribution in [3.05, 3.63) is 58.4 Å². The molecule has 0 bridgehead atoms. The summed E-state index contributed by atoms with van der Waals surface area (Å²) in [5, 5.41) is 18.9. The van der Waals surface area contributed by atoms with Gasteiger partial charge in [0.15, 0.2) is 0 Å². The van der Waals surface area contributed by atoms with Crippen molar-refractivity contribution in [2.24, 2.45) is 0 Å². The van der Waals surface area contributed by atoms with Gasteiger partial charge in [-0.2, -0.15) is 0 Å². The number of rotatable bonds is 5. The van der Waals surface area contributed by atoms with E-state index in [0.717, 1.165) is 0 Å². The van der Waals surface area contributed by atoms with E-state index in [1.807, 2.05) is 0 Å². The standard InChI is InChI=1S/C19H16O6/c1-24-13-5-2-11(3-6-13)18-15(8-9-17(21)22)25-16-10-12(20)4-7-14(16)19(18)23/h2-7,10,20H,8-9H2,1H3,(H,21,22). The van der Waals surface area contributed by atoms with E-state index in [9.17, 15) is 14.7 Å². The van der Waals surface area contributed by atoms with Crippen LogP contribution in [-0.4, -0.2) is 23.3 Å². The third kappa shape index (κ3) is 3.33. The Bertz CT molecular complexity index is 985. The number of ether oxygens (including phenoxy) is 1. The van der Waals surface area contributed by atoms with Crippen molar-refractivity contribution in [3.8, 4) is 22.6 Å². The van der Waals surface area contributed by atoms with Crippen molar-refractivity contribution in [2.75, 3.05) is 7.11 Å². The highest BCUT2D eigenvalue weighted by Gasteiger charge is 2.17. The molecule has 0 aliphatic rings. The molecule has 0 spiro atoms. The van der Waals surface area contributed by atoms with E-state index in [2.05, 4.69) is 0 Å². The number of benzene rings is 2. The summed E-state index contributed by atoms with van der Waals surface area (Å²) in [6.07, 6.45) is -0.103. The summed E-state index contributed by atoms with van der Waals surface area (Å²) in [6, 6.07) is 11.1. The molecule has 2 N–H and O–H groups in total. The molecule has 0 amide bonds. The Morgan fingerprint density at radius 1 is 1.16 bits per heavy atom. The van der Waals surface area contributed by atoms with Gasteiger partial charge in [0.05, 0.1) is 24.5 Å². The Morgan fingerprint density at radius 2 is 1.88 bits per heavy atom. The fourth-order valence-corrected chi connectivity index (χ4v) is 2.67. The quantitative estimate of drug-likeness (QED) is 0.740. The smallest absolute Gasteiger partial charge is 0.303 e. The summed E-state index contributed by atoms with van der Waals surface area (Å²) in [5.41, 5.74) is 0.890. The van der Waals surface area contributed by atoms with Gasteiger partial charge in [0.1, 0.15) is 22.8 Å². The molecule has 1 heterocycles. The number of phenols is 1. The lowest BCUT2D eigenvalue weighted by atomic mass is 10.00. The van der Waals surface area contributed by atoms with Crippen LogP contribution in [0.25, 0.3) is 22.1 Å². The summed E-state index contributed by atoms with van der Waals surface area (Å²) < 4.78 is 10.9. The van der Waals surface area contributed by atoms with Gasteiger partial charge in [-0.1, -0.05) is 12.1 Å². The Kier molecular flexibility index (Phi) is 4.43. The van der Waals surface area contributed by atoms with E-state index in [1.165, 1.54) is 18.2 Å². The lowest BCUT2D eigenvalue weighted by Gasteiger charge is -2.10. The minimum Gasteiger partial charge on any atom is -0.508 e. The summed E-state index contributed by atoms with van der Waals surface area (Å²) in [6.45, 7) is 0. The first-order chi connectivity index (χ1) is 12.0. The van der Waals surface area contributed by atoms with E-state index in [-0.39, 0.29) is 35.4 Å². The molecule has 0 saturated carbocycles. The van der Waals surface area contributed by atoms with Crippen LogP contribution in [0.5, 0.6) is 11.5 Å². The predicted molar refractivity (Wildman–Crippen MR) is 92.1 cm³/mol. The van der Waals surface area contributed by atoms with E-state index in [1.54, 1.807) is 31.4 Å². The van der Waals surface area contributed by atoms with E-state index in [0.29, 0.717) is 22.3 Å². The van der Waals surface area contributed by atoms with Gasteiger partial charge in [-0.25, -0.2) is 0 Å². The molecule has 1 aromatic heterocycles. The molecule has 3 rings (SSSR count). The second-order valence-corrected chi connectivity index (χ2v) is 5.53. The molecule has 25 heavy (non-hydrogen) atoms. The van der Waals surface area contributed by atoms with Crippen LogP contribution in [0.3, 0.4) is 0 Å². The lowest BCUT2D eigenvalue weighted by Crippen LogP contribution is -2.10. The number of methoxy groups -OCH3 is 1. The maximum Gasteiger partial charge on any atom is 0.303 e. The first kappa shape index (κ1) is 16.6.